The van der Waals surface area contributed by atoms with Gasteiger partial charge in [-0.2, -0.15) is 4.98 Å². The van der Waals surface area contributed by atoms with Crippen molar-refractivity contribution in [3.8, 4) is 5.88 Å². The molecule has 0 bridgehead atoms. The molecule has 1 aromatic rings. The minimum absolute atomic E-state index is 0.0923. The highest BCUT2D eigenvalue weighted by molar-refractivity contribution is 8.13. The molecular formula is C10H14N4O3S3. The summed E-state index contributed by atoms with van der Waals surface area (Å²) in [6.07, 6.45) is 1.21. The number of aromatic nitrogens is 2. The van der Waals surface area contributed by atoms with Crippen LogP contribution in [0.4, 0.5) is 5.69 Å². The summed E-state index contributed by atoms with van der Waals surface area (Å²) < 4.78 is 6.67. The summed E-state index contributed by atoms with van der Waals surface area (Å²) in [7, 11) is 1.32. The zero-order chi connectivity index (χ0) is 15.1. The first-order chi connectivity index (χ1) is 9.56. The predicted molar refractivity (Wildman–Crippen MR) is 85.0 cm³/mol. The lowest BCUT2D eigenvalue weighted by atomic mass is 10.3. The smallest absolute Gasteiger partial charge is 0.359 e. The zero-order valence-electron chi connectivity index (χ0n) is 11.2. The number of ether oxygens (including phenoxy) is 1. The Hall–Kier alpha value is -1.13. The van der Waals surface area contributed by atoms with E-state index >= 15 is 0 Å². The molecule has 0 fully saturated rings. The molecular weight excluding hydrogens is 320 g/mol. The molecule has 7 nitrogen and oxygen atoms in total. The molecule has 10 heteroatoms. The van der Waals surface area contributed by atoms with Crippen molar-refractivity contribution in [2.75, 3.05) is 18.6 Å². The lowest BCUT2D eigenvalue weighted by Gasteiger charge is -2.20. The first-order valence-electron chi connectivity index (χ1n) is 5.70. The highest BCUT2D eigenvalue weighted by Gasteiger charge is 2.29. The lowest BCUT2D eigenvalue weighted by molar-refractivity contribution is -0.386. The molecule has 1 aromatic heterocycles. The van der Waals surface area contributed by atoms with Crippen molar-refractivity contribution in [2.45, 2.75) is 13.8 Å². The van der Waals surface area contributed by atoms with E-state index in [0.29, 0.717) is 0 Å². The molecule has 0 saturated heterocycles. The van der Waals surface area contributed by atoms with Gasteiger partial charge in [0.25, 0.3) is 5.88 Å². The van der Waals surface area contributed by atoms with Crippen molar-refractivity contribution in [3.05, 3.63) is 22.1 Å². The molecule has 1 heterocycles. The monoisotopic (exact) mass is 334 g/mol. The first kappa shape index (κ1) is 16.9. The summed E-state index contributed by atoms with van der Waals surface area (Å²) in [6, 6.07) is 0. The second-order valence-corrected chi connectivity index (χ2v) is 6.25. The van der Waals surface area contributed by atoms with Crippen LogP contribution in [-0.4, -0.2) is 42.2 Å². The summed E-state index contributed by atoms with van der Waals surface area (Å²) in [5.41, 5.74) is -0.211. The predicted octanol–water partition coefficient (Wildman–Crippen LogP) is 2.71. The van der Waals surface area contributed by atoms with Crippen LogP contribution in [0.1, 0.15) is 19.5 Å². The van der Waals surface area contributed by atoms with E-state index in [0.717, 1.165) is 11.5 Å². The average molecular weight is 334 g/mol. The number of nitro groups is 1. The third-order valence-electron chi connectivity index (χ3n) is 2.03. The van der Waals surface area contributed by atoms with Crippen molar-refractivity contribution >= 4 is 46.8 Å². The Morgan fingerprint density at radius 3 is 2.50 bits per heavy atom. The van der Waals surface area contributed by atoms with Gasteiger partial charge < -0.3 is 4.74 Å². The van der Waals surface area contributed by atoms with Crippen LogP contribution in [-0.2, 0) is 0 Å². The van der Waals surface area contributed by atoms with Gasteiger partial charge in [0.15, 0.2) is 10.7 Å². The third kappa shape index (κ3) is 3.93. The molecule has 0 aliphatic carbocycles. The minimum Gasteiger partial charge on any atom is -0.476 e. The van der Waals surface area contributed by atoms with E-state index in [1.54, 1.807) is 3.71 Å². The molecule has 0 unspecified atom stereocenters. The highest BCUT2D eigenvalue weighted by atomic mass is 32.2. The number of thiocarbonyl (C=S) groups is 1. The Morgan fingerprint density at radius 2 is 2.05 bits per heavy atom. The van der Waals surface area contributed by atoms with E-state index in [9.17, 15) is 10.1 Å². The van der Waals surface area contributed by atoms with Crippen LogP contribution in [0, 0.1) is 10.1 Å². The van der Waals surface area contributed by atoms with Gasteiger partial charge >= 0.3 is 5.69 Å². The van der Waals surface area contributed by atoms with E-state index in [2.05, 4.69) is 9.97 Å². The van der Waals surface area contributed by atoms with Crippen molar-refractivity contribution < 1.29 is 9.66 Å². The second-order valence-electron chi connectivity index (χ2n) is 3.24. The molecule has 0 atom stereocenters. The highest BCUT2D eigenvalue weighted by Crippen LogP contribution is 2.32. The van der Waals surface area contributed by atoms with Crippen LogP contribution in [0.15, 0.2) is 6.33 Å². The molecule has 110 valence electrons. The molecule has 1 rings (SSSR count). The normalized spacial score (nSPS) is 10.2. The Balaban J connectivity index is 3.23. The molecule has 0 aliphatic rings. The molecule has 0 spiro atoms. The van der Waals surface area contributed by atoms with Crippen LogP contribution in [0.5, 0.6) is 5.88 Å². The number of hydrogen-bond acceptors (Lipinski definition) is 8. The maximum atomic E-state index is 11.2. The first-order valence-corrected chi connectivity index (χ1v) is 7.99. The zero-order valence-corrected chi connectivity index (χ0v) is 13.7. The van der Waals surface area contributed by atoms with Crippen LogP contribution in [0.25, 0.3) is 0 Å². The Labute approximate surface area is 130 Å². The van der Waals surface area contributed by atoms with Gasteiger partial charge in [-0.15, -0.1) is 0 Å². The minimum atomic E-state index is -0.578. The largest absolute Gasteiger partial charge is 0.476 e. The van der Waals surface area contributed by atoms with Gasteiger partial charge in [0.1, 0.15) is 6.33 Å². The quantitative estimate of drug-likeness (QED) is 0.323. The van der Waals surface area contributed by atoms with Gasteiger partial charge in [-0.25, -0.2) is 8.69 Å². The third-order valence-corrected chi connectivity index (χ3v) is 4.62. The molecule has 20 heavy (non-hydrogen) atoms. The number of nitrogens with zero attached hydrogens (tertiary/aromatic N) is 4. The van der Waals surface area contributed by atoms with Gasteiger partial charge in [0, 0.05) is 11.5 Å². The lowest BCUT2D eigenvalue weighted by Crippen LogP contribution is -2.20. The Morgan fingerprint density at radius 1 is 1.45 bits per heavy atom. The van der Waals surface area contributed by atoms with E-state index in [4.69, 9.17) is 17.0 Å². The molecule has 0 aliphatic heterocycles. The van der Waals surface area contributed by atoms with Gasteiger partial charge in [0.05, 0.1) is 12.0 Å². The van der Waals surface area contributed by atoms with Crippen LogP contribution < -0.4 is 4.74 Å². The van der Waals surface area contributed by atoms with Crippen LogP contribution >= 0.6 is 36.1 Å². The maximum absolute atomic E-state index is 11.2. The van der Waals surface area contributed by atoms with Crippen LogP contribution in [0.3, 0.4) is 0 Å². The molecule has 0 amide bonds. The second kappa shape index (κ2) is 8.22. The molecule has 0 radical (unpaired) electrons. The molecule has 0 saturated carbocycles. The van der Waals surface area contributed by atoms with Crippen molar-refractivity contribution in [2.24, 2.45) is 0 Å². The van der Waals surface area contributed by atoms with Crippen molar-refractivity contribution in [1.29, 1.82) is 0 Å². The summed E-state index contributed by atoms with van der Waals surface area (Å²) in [4.78, 5) is 18.6. The fourth-order valence-electron chi connectivity index (χ4n) is 1.31. The fourth-order valence-corrected chi connectivity index (χ4v) is 3.58. The average Bonchev–Trinajstić information content (AvgIpc) is 2.45. The summed E-state index contributed by atoms with van der Waals surface area (Å²) in [5.74, 6) is 1.50. The number of methoxy groups -OCH3 is 1. The van der Waals surface area contributed by atoms with Gasteiger partial charge in [-0.05, 0) is 23.9 Å². The summed E-state index contributed by atoms with van der Waals surface area (Å²) in [6.45, 7) is 3.96. The fraction of sp³-hybridized carbons (Fsp3) is 0.500. The SMILES string of the molecule is CCSN(SCC)C(=S)c1ncnc(OC)c1[N+](=O)[O-]. The molecule has 0 N–H and O–H groups in total. The topological polar surface area (TPSA) is 81.4 Å². The van der Waals surface area contributed by atoms with E-state index in [1.165, 1.54) is 37.3 Å². The van der Waals surface area contributed by atoms with E-state index < -0.39 is 4.92 Å². The van der Waals surface area contributed by atoms with Gasteiger partial charge in [-0.1, -0.05) is 26.1 Å². The summed E-state index contributed by atoms with van der Waals surface area (Å²) >= 11 is 8.26. The summed E-state index contributed by atoms with van der Waals surface area (Å²) in [5, 5.41) is 11.2. The van der Waals surface area contributed by atoms with Crippen molar-refractivity contribution in [3.63, 3.8) is 0 Å². The maximum Gasteiger partial charge on any atom is 0.359 e. The van der Waals surface area contributed by atoms with E-state index in [-0.39, 0.29) is 22.2 Å². The Kier molecular flexibility index (Phi) is 6.96. The van der Waals surface area contributed by atoms with Gasteiger partial charge in [0.2, 0.25) is 0 Å². The van der Waals surface area contributed by atoms with Gasteiger partial charge in [-0.3, -0.25) is 10.1 Å². The van der Waals surface area contributed by atoms with Crippen LogP contribution in [0.2, 0.25) is 0 Å². The molecule has 0 aromatic carbocycles. The standard InChI is InChI=1S/C10H14N4O3S3/c1-4-19-14(20-5-2)10(18)7-8(13(15)16)9(17-3)12-6-11-7/h6H,4-5H2,1-3H3. The number of hydrogen-bond donors (Lipinski definition) is 0. The van der Waals surface area contributed by atoms with Crippen molar-refractivity contribution in [1.82, 2.24) is 13.7 Å². The number of rotatable bonds is 7. The van der Waals surface area contributed by atoms with E-state index in [1.807, 2.05) is 13.8 Å². The Bertz CT molecular complexity index is 495.